The highest BCUT2D eigenvalue weighted by molar-refractivity contribution is 7.89. The molecule has 0 aliphatic heterocycles. The van der Waals surface area contributed by atoms with Gasteiger partial charge < -0.3 is 14.8 Å². The first kappa shape index (κ1) is 20.7. The fraction of sp³-hybridized carbons (Fsp3) is 0.316. The van der Waals surface area contributed by atoms with Crippen LogP contribution in [0, 0.1) is 0 Å². The Morgan fingerprint density at radius 1 is 1.04 bits per heavy atom. The Morgan fingerprint density at radius 3 is 2.26 bits per heavy atom. The zero-order valence-electron chi connectivity index (χ0n) is 15.6. The quantitative estimate of drug-likeness (QED) is 0.709. The first-order chi connectivity index (χ1) is 12.9. The van der Waals surface area contributed by atoms with E-state index < -0.39 is 10.0 Å². The van der Waals surface area contributed by atoms with Gasteiger partial charge in [0.1, 0.15) is 11.5 Å². The van der Waals surface area contributed by atoms with Crippen molar-refractivity contribution in [3.8, 4) is 11.5 Å². The van der Waals surface area contributed by atoms with Gasteiger partial charge in [0, 0.05) is 18.8 Å². The highest BCUT2D eigenvalue weighted by atomic mass is 32.2. The van der Waals surface area contributed by atoms with E-state index in [0.29, 0.717) is 30.3 Å². The van der Waals surface area contributed by atoms with Crippen molar-refractivity contribution < 1.29 is 22.7 Å². The highest BCUT2D eigenvalue weighted by Crippen LogP contribution is 2.20. The third-order valence-electron chi connectivity index (χ3n) is 3.89. The van der Waals surface area contributed by atoms with Crippen LogP contribution in [-0.2, 0) is 14.8 Å². The number of nitrogens with one attached hydrogen (secondary N) is 1. The molecule has 27 heavy (non-hydrogen) atoms. The second-order valence-corrected chi connectivity index (χ2v) is 7.57. The lowest BCUT2D eigenvalue weighted by Gasteiger charge is -2.18. The maximum Gasteiger partial charge on any atom is 0.262 e. The molecule has 0 atom stereocenters. The molecule has 0 aromatic heterocycles. The average molecular weight is 392 g/mol. The summed E-state index contributed by atoms with van der Waals surface area (Å²) in [5.74, 6) is 0.838. The van der Waals surface area contributed by atoms with E-state index in [4.69, 9.17) is 9.47 Å². The van der Waals surface area contributed by atoms with Crippen molar-refractivity contribution >= 4 is 21.6 Å². The first-order valence-corrected chi connectivity index (χ1v) is 10.0. The Labute approximate surface area is 160 Å². The molecule has 2 rings (SSSR count). The molecule has 0 heterocycles. The van der Waals surface area contributed by atoms with Gasteiger partial charge in [-0.3, -0.25) is 4.79 Å². The summed E-state index contributed by atoms with van der Waals surface area (Å²) in [6, 6.07) is 13.0. The molecule has 8 heteroatoms. The number of ether oxygens (including phenoxy) is 2. The Hall–Kier alpha value is -2.58. The molecule has 0 radical (unpaired) electrons. The predicted octanol–water partition coefficient (Wildman–Crippen LogP) is 2.74. The largest absolute Gasteiger partial charge is 0.497 e. The van der Waals surface area contributed by atoms with Crippen LogP contribution < -0.4 is 14.8 Å². The van der Waals surface area contributed by atoms with Gasteiger partial charge in [0.15, 0.2) is 6.61 Å². The maximum absolute atomic E-state index is 12.6. The molecule has 0 unspecified atom stereocenters. The fourth-order valence-corrected chi connectivity index (χ4v) is 3.97. The zero-order valence-corrected chi connectivity index (χ0v) is 16.5. The molecular formula is C19H24N2O5S. The monoisotopic (exact) mass is 392 g/mol. The molecule has 1 N–H and O–H groups in total. The van der Waals surface area contributed by atoms with Crippen LogP contribution in [0.1, 0.15) is 13.8 Å². The number of sulfonamides is 1. The maximum atomic E-state index is 12.6. The van der Waals surface area contributed by atoms with E-state index in [0.717, 1.165) is 0 Å². The van der Waals surface area contributed by atoms with Crippen LogP contribution in [-0.4, -0.2) is 45.4 Å². The molecule has 1 amide bonds. The van der Waals surface area contributed by atoms with Crippen molar-refractivity contribution in [1.82, 2.24) is 4.31 Å². The molecule has 0 bridgehead atoms. The van der Waals surface area contributed by atoms with Crippen molar-refractivity contribution in [3.63, 3.8) is 0 Å². The van der Waals surface area contributed by atoms with E-state index in [2.05, 4.69) is 5.32 Å². The normalized spacial score (nSPS) is 11.3. The number of nitrogens with zero attached hydrogens (tertiary/aromatic N) is 1. The van der Waals surface area contributed by atoms with Crippen LogP contribution in [0.2, 0.25) is 0 Å². The van der Waals surface area contributed by atoms with Crippen LogP contribution in [0.4, 0.5) is 5.69 Å². The molecule has 0 saturated heterocycles. The number of amides is 1. The van der Waals surface area contributed by atoms with Gasteiger partial charge in [0.25, 0.3) is 5.91 Å². The summed E-state index contributed by atoms with van der Waals surface area (Å²) >= 11 is 0. The molecule has 2 aromatic carbocycles. The van der Waals surface area contributed by atoms with Crippen LogP contribution >= 0.6 is 0 Å². The molecule has 2 aromatic rings. The van der Waals surface area contributed by atoms with E-state index in [-0.39, 0.29) is 17.4 Å². The smallest absolute Gasteiger partial charge is 0.262 e. The van der Waals surface area contributed by atoms with Gasteiger partial charge in [-0.05, 0) is 42.5 Å². The highest BCUT2D eigenvalue weighted by Gasteiger charge is 2.21. The molecule has 0 spiro atoms. The molecule has 7 nitrogen and oxygen atoms in total. The van der Waals surface area contributed by atoms with Crippen molar-refractivity contribution in [2.45, 2.75) is 18.7 Å². The Morgan fingerprint density at radius 2 is 1.67 bits per heavy atom. The summed E-state index contributed by atoms with van der Waals surface area (Å²) in [7, 11) is -2.02. The van der Waals surface area contributed by atoms with Gasteiger partial charge in [-0.25, -0.2) is 8.42 Å². The van der Waals surface area contributed by atoms with Gasteiger partial charge in [0.2, 0.25) is 10.0 Å². The number of methoxy groups -OCH3 is 1. The molecule has 0 fully saturated rings. The first-order valence-electron chi connectivity index (χ1n) is 8.57. The summed E-state index contributed by atoms with van der Waals surface area (Å²) in [5, 5.41) is 2.65. The van der Waals surface area contributed by atoms with Crippen molar-refractivity contribution in [3.05, 3.63) is 48.5 Å². The van der Waals surface area contributed by atoms with E-state index in [1.165, 1.54) is 16.4 Å². The number of carbonyl (C=O) groups is 1. The van der Waals surface area contributed by atoms with Crippen LogP contribution in [0.25, 0.3) is 0 Å². The summed E-state index contributed by atoms with van der Waals surface area (Å²) in [4.78, 5) is 12.2. The van der Waals surface area contributed by atoms with Gasteiger partial charge in [-0.2, -0.15) is 4.31 Å². The number of anilines is 1. The van der Waals surface area contributed by atoms with Crippen LogP contribution in [0.3, 0.4) is 0 Å². The number of hydrogen-bond donors (Lipinski definition) is 1. The Balaban J connectivity index is 2.01. The zero-order chi connectivity index (χ0) is 19.9. The lowest BCUT2D eigenvalue weighted by Crippen LogP contribution is -2.30. The lowest BCUT2D eigenvalue weighted by atomic mass is 10.3. The number of carbonyl (C=O) groups excluding carboxylic acids is 1. The minimum Gasteiger partial charge on any atom is -0.497 e. The second kappa shape index (κ2) is 9.38. The second-order valence-electron chi connectivity index (χ2n) is 5.63. The molecule has 0 aliphatic rings. The van der Waals surface area contributed by atoms with Crippen molar-refractivity contribution in [2.75, 3.05) is 32.1 Å². The molecular weight excluding hydrogens is 368 g/mol. The standard InChI is InChI=1S/C19H24N2O5S/c1-4-21(5-2)27(23,24)18-8-6-7-15(13-18)20-19(22)14-26-17-11-9-16(25-3)10-12-17/h6-13H,4-5,14H2,1-3H3,(H,20,22). The van der Waals surface area contributed by atoms with E-state index in [1.54, 1.807) is 57.4 Å². The van der Waals surface area contributed by atoms with Crippen LogP contribution in [0.5, 0.6) is 11.5 Å². The SMILES string of the molecule is CCN(CC)S(=O)(=O)c1cccc(NC(=O)COc2ccc(OC)cc2)c1. The third-order valence-corrected chi connectivity index (χ3v) is 5.94. The topological polar surface area (TPSA) is 84.9 Å². The van der Waals surface area contributed by atoms with E-state index in [9.17, 15) is 13.2 Å². The molecule has 0 aliphatic carbocycles. The number of rotatable bonds is 9. The minimum absolute atomic E-state index is 0.139. The van der Waals surface area contributed by atoms with Crippen LogP contribution in [0.15, 0.2) is 53.4 Å². The van der Waals surface area contributed by atoms with Gasteiger partial charge in [-0.1, -0.05) is 19.9 Å². The third kappa shape index (κ3) is 5.45. The average Bonchev–Trinajstić information content (AvgIpc) is 2.67. The molecule has 0 saturated carbocycles. The van der Waals surface area contributed by atoms with E-state index >= 15 is 0 Å². The predicted molar refractivity (Wildman–Crippen MR) is 104 cm³/mol. The van der Waals surface area contributed by atoms with Gasteiger partial charge in [0.05, 0.1) is 12.0 Å². The van der Waals surface area contributed by atoms with Gasteiger partial charge >= 0.3 is 0 Å². The molecule has 146 valence electrons. The summed E-state index contributed by atoms with van der Waals surface area (Å²) < 4.78 is 37.0. The van der Waals surface area contributed by atoms with Gasteiger partial charge in [-0.15, -0.1) is 0 Å². The summed E-state index contributed by atoms with van der Waals surface area (Å²) in [5.41, 5.74) is 0.395. The fourth-order valence-electron chi connectivity index (χ4n) is 2.46. The Bertz CT molecular complexity index is 862. The lowest BCUT2D eigenvalue weighted by molar-refractivity contribution is -0.118. The number of hydrogen-bond acceptors (Lipinski definition) is 5. The number of benzene rings is 2. The Kier molecular flexibility index (Phi) is 7.20. The van der Waals surface area contributed by atoms with E-state index in [1.807, 2.05) is 0 Å². The summed E-state index contributed by atoms with van der Waals surface area (Å²) in [6.07, 6.45) is 0. The minimum atomic E-state index is -3.58. The summed E-state index contributed by atoms with van der Waals surface area (Å²) in [6.45, 7) is 4.13. The van der Waals surface area contributed by atoms with Crippen molar-refractivity contribution in [1.29, 1.82) is 0 Å². The van der Waals surface area contributed by atoms with Crippen molar-refractivity contribution in [2.24, 2.45) is 0 Å².